The molecule has 0 radical (unpaired) electrons. The highest BCUT2D eigenvalue weighted by atomic mass is 16.2. The van der Waals surface area contributed by atoms with Crippen molar-refractivity contribution < 1.29 is 4.79 Å². The first-order valence-electron chi connectivity index (χ1n) is 9.23. The standard InChI is InChI=1S/C24H27NO/c1-5-24(16-8-9-18(2)3)17-20-10-6-7-11-22(20)23(26)25(24)21-14-12-19(4)13-15-21/h5-7,9-15H,1,8,16-17H2,2-4H3. The molecular formula is C24H27NO. The van der Waals surface area contributed by atoms with E-state index >= 15 is 0 Å². The summed E-state index contributed by atoms with van der Waals surface area (Å²) in [6.45, 7) is 10.4. The Labute approximate surface area is 156 Å². The molecule has 0 aromatic heterocycles. The molecule has 26 heavy (non-hydrogen) atoms. The van der Waals surface area contributed by atoms with Gasteiger partial charge in [-0.2, -0.15) is 0 Å². The van der Waals surface area contributed by atoms with Gasteiger partial charge in [0.1, 0.15) is 0 Å². The van der Waals surface area contributed by atoms with Crippen LogP contribution < -0.4 is 4.90 Å². The summed E-state index contributed by atoms with van der Waals surface area (Å²) in [6.07, 6.45) is 6.79. The second-order valence-electron chi connectivity index (χ2n) is 7.44. The molecule has 1 heterocycles. The first-order valence-corrected chi connectivity index (χ1v) is 9.23. The topological polar surface area (TPSA) is 20.3 Å². The highest BCUT2D eigenvalue weighted by Crippen LogP contribution is 2.39. The van der Waals surface area contributed by atoms with Gasteiger partial charge < -0.3 is 0 Å². The molecule has 1 amide bonds. The number of carbonyl (C=O) groups is 1. The lowest BCUT2D eigenvalue weighted by Crippen LogP contribution is -2.55. The fourth-order valence-corrected chi connectivity index (χ4v) is 3.76. The molecule has 2 aromatic carbocycles. The van der Waals surface area contributed by atoms with E-state index in [0.29, 0.717) is 0 Å². The number of benzene rings is 2. The molecule has 1 atom stereocenters. The van der Waals surface area contributed by atoms with Crippen LogP contribution in [0.4, 0.5) is 5.69 Å². The smallest absolute Gasteiger partial charge is 0.259 e. The third-order valence-corrected chi connectivity index (χ3v) is 5.19. The summed E-state index contributed by atoms with van der Waals surface area (Å²) in [5.41, 5.74) is 4.92. The van der Waals surface area contributed by atoms with E-state index in [9.17, 15) is 4.79 Å². The Morgan fingerprint density at radius 3 is 2.50 bits per heavy atom. The normalized spacial score (nSPS) is 19.0. The SMILES string of the molecule is C=CC1(CCC=C(C)C)Cc2ccccc2C(=O)N1c1ccc(C)cc1. The minimum atomic E-state index is -0.410. The molecule has 2 aromatic rings. The van der Waals surface area contributed by atoms with Crippen LogP contribution in [0.25, 0.3) is 0 Å². The number of rotatable bonds is 5. The summed E-state index contributed by atoms with van der Waals surface area (Å²) < 4.78 is 0. The van der Waals surface area contributed by atoms with E-state index in [0.717, 1.165) is 36.1 Å². The van der Waals surface area contributed by atoms with Gasteiger partial charge >= 0.3 is 0 Å². The predicted octanol–water partition coefficient (Wildman–Crippen LogP) is 5.87. The van der Waals surface area contributed by atoms with Crippen LogP contribution in [0, 0.1) is 6.92 Å². The van der Waals surface area contributed by atoms with E-state index in [1.54, 1.807) is 0 Å². The van der Waals surface area contributed by atoms with E-state index in [2.05, 4.69) is 51.6 Å². The number of allylic oxidation sites excluding steroid dienone is 2. The van der Waals surface area contributed by atoms with E-state index in [1.807, 2.05) is 41.3 Å². The maximum absolute atomic E-state index is 13.4. The molecule has 0 bridgehead atoms. The summed E-state index contributed by atoms with van der Waals surface area (Å²) in [5, 5.41) is 0. The van der Waals surface area contributed by atoms with Crippen LogP contribution in [0.5, 0.6) is 0 Å². The van der Waals surface area contributed by atoms with Crippen molar-refractivity contribution in [1.29, 1.82) is 0 Å². The van der Waals surface area contributed by atoms with E-state index < -0.39 is 5.54 Å². The lowest BCUT2D eigenvalue weighted by molar-refractivity contribution is 0.0950. The predicted molar refractivity (Wildman–Crippen MR) is 110 cm³/mol. The fourth-order valence-electron chi connectivity index (χ4n) is 3.76. The monoisotopic (exact) mass is 345 g/mol. The van der Waals surface area contributed by atoms with Crippen molar-refractivity contribution in [2.45, 2.75) is 45.6 Å². The van der Waals surface area contributed by atoms with Crippen molar-refractivity contribution in [3.05, 3.63) is 89.5 Å². The number of aryl methyl sites for hydroxylation is 1. The summed E-state index contributed by atoms with van der Waals surface area (Å²) >= 11 is 0. The zero-order valence-electron chi connectivity index (χ0n) is 16.0. The molecule has 0 fully saturated rings. The summed E-state index contributed by atoms with van der Waals surface area (Å²) in [5.74, 6) is 0.0628. The van der Waals surface area contributed by atoms with E-state index in [-0.39, 0.29) is 5.91 Å². The van der Waals surface area contributed by atoms with Crippen LogP contribution in [-0.4, -0.2) is 11.4 Å². The minimum Gasteiger partial charge on any atom is -0.298 e. The van der Waals surface area contributed by atoms with E-state index in [1.165, 1.54) is 11.1 Å². The molecule has 2 nitrogen and oxygen atoms in total. The molecule has 2 heteroatoms. The van der Waals surface area contributed by atoms with Crippen LogP contribution in [0.15, 0.2) is 72.8 Å². The first kappa shape index (κ1) is 18.2. The maximum atomic E-state index is 13.4. The zero-order valence-corrected chi connectivity index (χ0v) is 16.0. The van der Waals surface area contributed by atoms with Crippen molar-refractivity contribution in [3.63, 3.8) is 0 Å². The molecule has 1 unspecified atom stereocenters. The number of carbonyl (C=O) groups excluding carboxylic acids is 1. The van der Waals surface area contributed by atoms with Gasteiger partial charge in [0.25, 0.3) is 5.91 Å². The molecule has 0 aliphatic carbocycles. The Kier molecular flexibility index (Phi) is 5.13. The Hall–Kier alpha value is -2.61. The average molecular weight is 345 g/mol. The number of nitrogens with zero attached hydrogens (tertiary/aromatic N) is 1. The van der Waals surface area contributed by atoms with Gasteiger partial charge in [-0.15, -0.1) is 6.58 Å². The minimum absolute atomic E-state index is 0.0628. The van der Waals surface area contributed by atoms with Crippen LogP contribution in [0.3, 0.4) is 0 Å². The maximum Gasteiger partial charge on any atom is 0.259 e. The number of hydrogen-bond acceptors (Lipinski definition) is 1. The fraction of sp³-hybridized carbons (Fsp3) is 0.292. The lowest BCUT2D eigenvalue weighted by Gasteiger charge is -2.46. The summed E-state index contributed by atoms with van der Waals surface area (Å²) in [4.78, 5) is 15.4. The molecular weight excluding hydrogens is 318 g/mol. The van der Waals surface area contributed by atoms with Crippen LogP contribution in [0.2, 0.25) is 0 Å². The average Bonchev–Trinajstić information content (AvgIpc) is 2.63. The number of anilines is 1. The van der Waals surface area contributed by atoms with Crippen LogP contribution in [0.1, 0.15) is 48.2 Å². The van der Waals surface area contributed by atoms with Crippen LogP contribution in [-0.2, 0) is 6.42 Å². The molecule has 134 valence electrons. The van der Waals surface area contributed by atoms with Gasteiger partial charge in [0.05, 0.1) is 5.54 Å². The number of hydrogen-bond donors (Lipinski definition) is 0. The number of amides is 1. The van der Waals surface area contributed by atoms with Crippen LogP contribution >= 0.6 is 0 Å². The summed E-state index contributed by atoms with van der Waals surface area (Å²) in [6, 6.07) is 16.2. The molecule has 0 spiro atoms. The molecule has 0 saturated heterocycles. The van der Waals surface area contributed by atoms with Gasteiger partial charge in [0, 0.05) is 17.7 Å². The van der Waals surface area contributed by atoms with Gasteiger partial charge in [-0.25, -0.2) is 0 Å². The van der Waals surface area contributed by atoms with Crippen molar-refractivity contribution >= 4 is 11.6 Å². The van der Waals surface area contributed by atoms with Crippen molar-refractivity contribution in [2.24, 2.45) is 0 Å². The van der Waals surface area contributed by atoms with Gasteiger partial charge in [-0.3, -0.25) is 9.69 Å². The van der Waals surface area contributed by atoms with Crippen molar-refractivity contribution in [2.75, 3.05) is 4.90 Å². The summed E-state index contributed by atoms with van der Waals surface area (Å²) in [7, 11) is 0. The second-order valence-corrected chi connectivity index (χ2v) is 7.44. The third-order valence-electron chi connectivity index (χ3n) is 5.19. The Morgan fingerprint density at radius 2 is 1.85 bits per heavy atom. The van der Waals surface area contributed by atoms with Gasteiger partial charge in [-0.1, -0.05) is 53.6 Å². The van der Waals surface area contributed by atoms with E-state index in [4.69, 9.17) is 0 Å². The number of fused-ring (bicyclic) bond motifs is 1. The molecule has 1 aliphatic rings. The second kappa shape index (κ2) is 7.33. The molecule has 1 aliphatic heterocycles. The van der Waals surface area contributed by atoms with Gasteiger partial charge in [0.2, 0.25) is 0 Å². The lowest BCUT2D eigenvalue weighted by atomic mass is 9.78. The Morgan fingerprint density at radius 1 is 1.15 bits per heavy atom. The highest BCUT2D eigenvalue weighted by molar-refractivity contribution is 6.09. The Bertz CT molecular complexity index is 843. The van der Waals surface area contributed by atoms with Crippen molar-refractivity contribution in [3.8, 4) is 0 Å². The molecule has 0 saturated carbocycles. The van der Waals surface area contributed by atoms with Gasteiger partial charge in [0.15, 0.2) is 0 Å². The quantitative estimate of drug-likeness (QED) is 0.621. The highest BCUT2D eigenvalue weighted by Gasteiger charge is 2.43. The van der Waals surface area contributed by atoms with Crippen molar-refractivity contribution in [1.82, 2.24) is 0 Å². The molecule has 0 N–H and O–H groups in total. The molecule has 3 rings (SSSR count). The first-order chi connectivity index (χ1) is 12.5. The Balaban J connectivity index is 2.10. The van der Waals surface area contributed by atoms with Gasteiger partial charge in [-0.05, 0) is 57.4 Å². The zero-order chi connectivity index (χ0) is 18.7. The largest absolute Gasteiger partial charge is 0.298 e. The third kappa shape index (κ3) is 3.37.